The normalized spacial score (nSPS) is 12.6. The summed E-state index contributed by atoms with van der Waals surface area (Å²) in [6, 6.07) is 4.19. The summed E-state index contributed by atoms with van der Waals surface area (Å²) >= 11 is 0. The number of nitrogens with zero attached hydrogens (tertiary/aromatic N) is 3. The lowest BCUT2D eigenvalue weighted by molar-refractivity contribution is 0.222. The highest BCUT2D eigenvalue weighted by molar-refractivity contribution is 5.40. The molecule has 0 aliphatic heterocycles. The van der Waals surface area contributed by atoms with Gasteiger partial charge in [0.25, 0.3) is 0 Å². The summed E-state index contributed by atoms with van der Waals surface area (Å²) in [5.74, 6) is 0.166. The molecule has 118 valence electrons. The van der Waals surface area contributed by atoms with Crippen LogP contribution in [-0.2, 0) is 13.2 Å². The van der Waals surface area contributed by atoms with Gasteiger partial charge < -0.3 is 10.2 Å². The molecular weight excluding hydrogens is 278 g/mol. The summed E-state index contributed by atoms with van der Waals surface area (Å²) in [4.78, 5) is 10.4. The van der Waals surface area contributed by atoms with E-state index in [4.69, 9.17) is 0 Å². The number of pyridine rings is 2. The van der Waals surface area contributed by atoms with Crippen molar-refractivity contribution in [2.24, 2.45) is 0 Å². The van der Waals surface area contributed by atoms with Gasteiger partial charge in [-0.05, 0) is 32.0 Å². The minimum absolute atomic E-state index is 0.131. The van der Waals surface area contributed by atoms with Gasteiger partial charge in [-0.3, -0.25) is 14.9 Å². The number of rotatable bonds is 6. The Labute approximate surface area is 131 Å². The lowest BCUT2D eigenvalue weighted by Gasteiger charge is -2.28. The van der Waals surface area contributed by atoms with Crippen LogP contribution >= 0.6 is 0 Å². The first-order chi connectivity index (χ1) is 10.6. The van der Waals surface area contributed by atoms with E-state index in [1.807, 2.05) is 19.3 Å². The lowest BCUT2D eigenvalue weighted by atomic mass is 10.0. The molecule has 2 N–H and O–H groups in total. The molecule has 0 saturated carbocycles. The Hall–Kier alpha value is -1.98. The monoisotopic (exact) mass is 301 g/mol. The van der Waals surface area contributed by atoms with Crippen LogP contribution in [0.25, 0.3) is 0 Å². The van der Waals surface area contributed by atoms with Gasteiger partial charge in [0.15, 0.2) is 0 Å². The molecule has 2 heterocycles. The van der Waals surface area contributed by atoms with Gasteiger partial charge in [-0.25, -0.2) is 0 Å². The van der Waals surface area contributed by atoms with Gasteiger partial charge in [-0.1, -0.05) is 13.0 Å². The third-order valence-corrected chi connectivity index (χ3v) is 4.00. The zero-order valence-corrected chi connectivity index (χ0v) is 13.3. The van der Waals surface area contributed by atoms with E-state index in [-0.39, 0.29) is 18.4 Å². The third kappa shape index (κ3) is 3.43. The Bertz CT molecular complexity index is 617. The number of aliphatic hydroxyl groups is 1. The second-order valence-corrected chi connectivity index (χ2v) is 5.48. The first-order valence-corrected chi connectivity index (χ1v) is 7.45. The smallest absolute Gasteiger partial charge is 0.141 e. The van der Waals surface area contributed by atoms with Gasteiger partial charge in [0.05, 0.1) is 12.3 Å². The molecule has 0 aliphatic carbocycles. The maximum Gasteiger partial charge on any atom is 0.141 e. The molecule has 5 nitrogen and oxygen atoms in total. The van der Waals surface area contributed by atoms with Crippen molar-refractivity contribution in [2.45, 2.75) is 39.5 Å². The van der Waals surface area contributed by atoms with Crippen molar-refractivity contribution in [2.75, 3.05) is 7.05 Å². The molecule has 5 heteroatoms. The lowest BCUT2D eigenvalue weighted by Crippen LogP contribution is -2.24. The Balaban J connectivity index is 2.28. The number of aliphatic hydroxyl groups excluding tert-OH is 1. The Morgan fingerprint density at radius 2 is 2.09 bits per heavy atom. The van der Waals surface area contributed by atoms with E-state index in [9.17, 15) is 10.2 Å². The van der Waals surface area contributed by atoms with Crippen LogP contribution in [0, 0.1) is 6.92 Å². The summed E-state index contributed by atoms with van der Waals surface area (Å²) in [6.07, 6.45) is 6.19. The molecule has 2 aromatic rings. The van der Waals surface area contributed by atoms with Crippen molar-refractivity contribution < 1.29 is 10.2 Å². The summed E-state index contributed by atoms with van der Waals surface area (Å²) in [5.41, 5.74) is 3.12. The van der Waals surface area contributed by atoms with E-state index >= 15 is 0 Å². The van der Waals surface area contributed by atoms with E-state index in [0.717, 1.165) is 17.5 Å². The van der Waals surface area contributed by atoms with Crippen LogP contribution in [0.3, 0.4) is 0 Å². The largest absolute Gasteiger partial charge is 0.506 e. The zero-order chi connectivity index (χ0) is 16.1. The standard InChI is InChI=1S/C17H23N3O2/c1-4-16(13-6-5-7-18-8-13)20(3)10-15-14(11-21)9-19-12(2)17(15)22/h5-9,16,21-22H,4,10-11H2,1-3H3/t16-/m1/s1. The molecule has 0 unspecified atom stereocenters. The van der Waals surface area contributed by atoms with Crippen LogP contribution in [0.15, 0.2) is 30.7 Å². The zero-order valence-electron chi connectivity index (χ0n) is 13.3. The molecule has 0 aromatic carbocycles. The third-order valence-electron chi connectivity index (χ3n) is 4.00. The average molecular weight is 301 g/mol. The molecule has 0 bridgehead atoms. The van der Waals surface area contributed by atoms with Gasteiger partial charge in [0.2, 0.25) is 0 Å². The van der Waals surface area contributed by atoms with Gasteiger partial charge >= 0.3 is 0 Å². The van der Waals surface area contributed by atoms with Crippen LogP contribution in [0.4, 0.5) is 0 Å². The second-order valence-electron chi connectivity index (χ2n) is 5.48. The van der Waals surface area contributed by atoms with Crippen LogP contribution in [0.5, 0.6) is 5.75 Å². The van der Waals surface area contributed by atoms with Crippen LogP contribution < -0.4 is 0 Å². The fourth-order valence-corrected chi connectivity index (χ4v) is 2.73. The van der Waals surface area contributed by atoms with Crippen molar-refractivity contribution in [3.05, 3.63) is 53.1 Å². The molecule has 0 spiro atoms. The summed E-state index contributed by atoms with van der Waals surface area (Å²) < 4.78 is 0. The van der Waals surface area contributed by atoms with E-state index in [2.05, 4.69) is 27.9 Å². The number of hydrogen-bond donors (Lipinski definition) is 2. The molecule has 1 atom stereocenters. The van der Waals surface area contributed by atoms with Gasteiger partial charge in [0, 0.05) is 42.3 Å². The van der Waals surface area contributed by atoms with Crippen molar-refractivity contribution in [1.29, 1.82) is 0 Å². The quantitative estimate of drug-likeness (QED) is 0.858. The topological polar surface area (TPSA) is 69.5 Å². The van der Waals surface area contributed by atoms with Crippen LogP contribution in [0.2, 0.25) is 0 Å². The van der Waals surface area contributed by atoms with Gasteiger partial charge in [-0.15, -0.1) is 0 Å². The predicted octanol–water partition coefficient (Wildman–Crippen LogP) is 2.57. The highest BCUT2D eigenvalue weighted by Gasteiger charge is 2.19. The first kappa shape index (κ1) is 16.4. The van der Waals surface area contributed by atoms with Crippen LogP contribution in [0.1, 0.15) is 41.8 Å². The Kier molecular flexibility index (Phi) is 5.46. The van der Waals surface area contributed by atoms with Crippen molar-refractivity contribution in [1.82, 2.24) is 14.9 Å². The number of aryl methyl sites for hydroxylation is 1. The molecule has 2 rings (SSSR count). The van der Waals surface area contributed by atoms with E-state index in [1.165, 1.54) is 0 Å². The number of hydrogen-bond acceptors (Lipinski definition) is 5. The number of aromatic hydroxyl groups is 1. The first-order valence-electron chi connectivity index (χ1n) is 7.45. The highest BCUT2D eigenvalue weighted by Crippen LogP contribution is 2.29. The Morgan fingerprint density at radius 1 is 1.32 bits per heavy atom. The fourth-order valence-electron chi connectivity index (χ4n) is 2.73. The van der Waals surface area contributed by atoms with E-state index in [1.54, 1.807) is 19.3 Å². The van der Waals surface area contributed by atoms with Gasteiger partial charge in [-0.2, -0.15) is 0 Å². The molecule has 2 aromatic heterocycles. The minimum Gasteiger partial charge on any atom is -0.506 e. The van der Waals surface area contributed by atoms with Crippen molar-refractivity contribution >= 4 is 0 Å². The molecule has 0 amide bonds. The minimum atomic E-state index is -0.131. The molecule has 0 aliphatic rings. The molecule has 0 radical (unpaired) electrons. The Morgan fingerprint density at radius 3 is 2.68 bits per heavy atom. The molecular formula is C17H23N3O2. The molecule has 0 saturated heterocycles. The average Bonchev–Trinajstić information content (AvgIpc) is 2.54. The summed E-state index contributed by atoms with van der Waals surface area (Å²) in [5, 5.41) is 19.8. The molecule has 0 fully saturated rings. The highest BCUT2D eigenvalue weighted by atomic mass is 16.3. The van der Waals surface area contributed by atoms with Gasteiger partial charge in [0.1, 0.15) is 5.75 Å². The van der Waals surface area contributed by atoms with Crippen LogP contribution in [-0.4, -0.2) is 32.1 Å². The SMILES string of the molecule is CC[C@H](c1cccnc1)N(C)Cc1c(CO)cnc(C)c1O. The van der Waals surface area contributed by atoms with E-state index < -0.39 is 0 Å². The second kappa shape index (κ2) is 7.33. The van der Waals surface area contributed by atoms with E-state index in [0.29, 0.717) is 17.8 Å². The fraction of sp³-hybridized carbons (Fsp3) is 0.412. The maximum absolute atomic E-state index is 10.3. The number of aromatic nitrogens is 2. The molecule has 22 heavy (non-hydrogen) atoms. The summed E-state index contributed by atoms with van der Waals surface area (Å²) in [6.45, 7) is 4.30. The summed E-state index contributed by atoms with van der Waals surface area (Å²) in [7, 11) is 2.01. The maximum atomic E-state index is 10.3. The van der Waals surface area contributed by atoms with Crippen molar-refractivity contribution in [3.8, 4) is 5.75 Å². The van der Waals surface area contributed by atoms with Crippen molar-refractivity contribution in [3.63, 3.8) is 0 Å². The predicted molar refractivity (Wildman–Crippen MR) is 85.3 cm³/mol.